The maximum atomic E-state index is 6.78. The minimum absolute atomic E-state index is 0.122. The van der Waals surface area contributed by atoms with Crippen LogP contribution < -0.4 is 5.73 Å². The molecule has 100 valence electrons. The molecule has 1 aromatic rings. The lowest BCUT2D eigenvalue weighted by Crippen LogP contribution is -2.49. The van der Waals surface area contributed by atoms with E-state index in [1.54, 1.807) is 0 Å². The van der Waals surface area contributed by atoms with Crippen molar-refractivity contribution in [3.63, 3.8) is 0 Å². The summed E-state index contributed by atoms with van der Waals surface area (Å²) in [5.41, 5.74) is 7.52. The zero-order valence-electron chi connectivity index (χ0n) is 12.2. The van der Waals surface area contributed by atoms with Gasteiger partial charge in [0.1, 0.15) is 0 Å². The van der Waals surface area contributed by atoms with Gasteiger partial charge >= 0.3 is 0 Å². The van der Waals surface area contributed by atoms with Gasteiger partial charge in [-0.1, -0.05) is 64.1 Å². The van der Waals surface area contributed by atoms with Crippen molar-refractivity contribution in [2.24, 2.45) is 17.1 Å². The molecule has 0 aliphatic carbocycles. The molecule has 0 radical (unpaired) electrons. The van der Waals surface area contributed by atoms with Gasteiger partial charge in [-0.3, -0.25) is 0 Å². The predicted octanol–water partition coefficient (Wildman–Crippen LogP) is 4.49. The lowest BCUT2D eigenvalue weighted by atomic mass is 9.66. The molecule has 0 aliphatic rings. The minimum Gasteiger partial charge on any atom is -0.321 e. The van der Waals surface area contributed by atoms with Crippen molar-refractivity contribution in [2.75, 3.05) is 0 Å². The molecule has 0 amide bonds. The van der Waals surface area contributed by atoms with E-state index in [1.807, 2.05) is 12.1 Å². The molecule has 0 spiro atoms. The van der Waals surface area contributed by atoms with Crippen LogP contribution in [0.1, 0.15) is 46.1 Å². The second-order valence-corrected chi connectivity index (χ2v) is 6.20. The van der Waals surface area contributed by atoms with Crippen molar-refractivity contribution in [2.45, 2.75) is 46.1 Å². The van der Waals surface area contributed by atoms with Gasteiger partial charge in [0.25, 0.3) is 0 Å². The van der Waals surface area contributed by atoms with Crippen molar-refractivity contribution in [3.05, 3.63) is 48.6 Å². The van der Waals surface area contributed by atoms with Crippen LogP contribution in [0, 0.1) is 11.3 Å². The summed E-state index contributed by atoms with van der Waals surface area (Å²) in [5, 5.41) is 0. The van der Waals surface area contributed by atoms with Gasteiger partial charge in [-0.2, -0.15) is 0 Å². The predicted molar refractivity (Wildman–Crippen MR) is 80.4 cm³/mol. The van der Waals surface area contributed by atoms with E-state index in [4.69, 9.17) is 5.73 Å². The van der Waals surface area contributed by atoms with Gasteiger partial charge in [0.05, 0.1) is 0 Å². The molecule has 1 aromatic carbocycles. The smallest absolute Gasteiger partial charge is 0.0496 e. The van der Waals surface area contributed by atoms with Gasteiger partial charge < -0.3 is 5.73 Å². The number of benzene rings is 1. The van der Waals surface area contributed by atoms with Crippen molar-refractivity contribution in [1.29, 1.82) is 0 Å². The summed E-state index contributed by atoms with van der Waals surface area (Å²) >= 11 is 0. The molecular formula is C17H27N. The van der Waals surface area contributed by atoms with Gasteiger partial charge in [-0.25, -0.2) is 0 Å². The van der Waals surface area contributed by atoms with Gasteiger partial charge in [0, 0.05) is 11.0 Å². The number of nitrogens with two attached hydrogens (primary N) is 1. The molecule has 0 fully saturated rings. The Morgan fingerprint density at radius 1 is 1.22 bits per heavy atom. The van der Waals surface area contributed by atoms with E-state index >= 15 is 0 Å². The van der Waals surface area contributed by atoms with E-state index in [0.29, 0.717) is 5.92 Å². The summed E-state index contributed by atoms with van der Waals surface area (Å²) in [4.78, 5) is 0. The molecule has 0 bridgehead atoms. The summed E-state index contributed by atoms with van der Waals surface area (Å²) < 4.78 is 0. The fourth-order valence-corrected chi connectivity index (χ4v) is 2.27. The third-order valence-corrected chi connectivity index (χ3v) is 4.07. The molecule has 1 rings (SSSR count). The minimum atomic E-state index is -0.347. The molecular weight excluding hydrogens is 218 g/mol. The first-order chi connectivity index (χ1) is 8.33. The molecule has 1 unspecified atom stereocenters. The lowest BCUT2D eigenvalue weighted by Gasteiger charge is -2.43. The Hall–Kier alpha value is -1.08. The van der Waals surface area contributed by atoms with E-state index in [9.17, 15) is 0 Å². The Labute approximate surface area is 112 Å². The number of hydrogen-bond donors (Lipinski definition) is 1. The molecule has 18 heavy (non-hydrogen) atoms. The van der Waals surface area contributed by atoms with Crippen LogP contribution in [-0.4, -0.2) is 0 Å². The SMILES string of the molecule is C=CC(C)(C)C(N)(CCC(C)C)c1ccccc1. The van der Waals surface area contributed by atoms with Crippen LogP contribution in [0.2, 0.25) is 0 Å². The highest BCUT2D eigenvalue weighted by Crippen LogP contribution is 2.42. The second kappa shape index (κ2) is 5.71. The van der Waals surface area contributed by atoms with Crippen LogP contribution in [-0.2, 0) is 5.54 Å². The number of rotatable bonds is 6. The van der Waals surface area contributed by atoms with Gasteiger partial charge in [0.2, 0.25) is 0 Å². The third kappa shape index (κ3) is 3.02. The Kier molecular flexibility index (Phi) is 4.75. The second-order valence-electron chi connectivity index (χ2n) is 6.20. The molecule has 0 aromatic heterocycles. The van der Waals surface area contributed by atoms with E-state index in [-0.39, 0.29) is 11.0 Å². The van der Waals surface area contributed by atoms with Crippen LogP contribution in [0.25, 0.3) is 0 Å². The van der Waals surface area contributed by atoms with Crippen molar-refractivity contribution < 1.29 is 0 Å². The maximum absolute atomic E-state index is 6.78. The average molecular weight is 245 g/mol. The summed E-state index contributed by atoms with van der Waals surface area (Å²) in [5.74, 6) is 0.664. The van der Waals surface area contributed by atoms with Gasteiger partial charge in [-0.15, -0.1) is 6.58 Å². The monoisotopic (exact) mass is 245 g/mol. The molecule has 0 heterocycles. The van der Waals surface area contributed by atoms with Crippen molar-refractivity contribution in [1.82, 2.24) is 0 Å². The molecule has 0 saturated carbocycles. The molecule has 1 atom stereocenters. The maximum Gasteiger partial charge on any atom is 0.0496 e. The lowest BCUT2D eigenvalue weighted by molar-refractivity contribution is 0.197. The highest BCUT2D eigenvalue weighted by Gasteiger charge is 2.40. The highest BCUT2D eigenvalue weighted by molar-refractivity contribution is 5.28. The van der Waals surface area contributed by atoms with E-state index in [0.717, 1.165) is 12.8 Å². The first kappa shape index (κ1) is 15.0. The fraction of sp³-hybridized carbons (Fsp3) is 0.529. The molecule has 0 aliphatic heterocycles. The zero-order chi connectivity index (χ0) is 13.8. The van der Waals surface area contributed by atoms with Gasteiger partial charge in [0.15, 0.2) is 0 Å². The summed E-state index contributed by atoms with van der Waals surface area (Å²) in [7, 11) is 0. The Bertz CT molecular complexity index is 378. The van der Waals surface area contributed by atoms with E-state index in [2.05, 4.69) is 58.5 Å². The summed E-state index contributed by atoms with van der Waals surface area (Å²) in [6, 6.07) is 10.4. The number of hydrogen-bond acceptors (Lipinski definition) is 1. The van der Waals surface area contributed by atoms with Crippen molar-refractivity contribution >= 4 is 0 Å². The summed E-state index contributed by atoms with van der Waals surface area (Å²) in [6.45, 7) is 12.8. The van der Waals surface area contributed by atoms with E-state index in [1.165, 1.54) is 5.56 Å². The Balaban J connectivity index is 3.13. The molecule has 1 heteroatoms. The normalized spacial score (nSPS) is 15.4. The quantitative estimate of drug-likeness (QED) is 0.734. The van der Waals surface area contributed by atoms with Gasteiger partial charge in [-0.05, 0) is 24.3 Å². The Morgan fingerprint density at radius 2 is 1.78 bits per heavy atom. The first-order valence-corrected chi connectivity index (χ1v) is 6.81. The zero-order valence-corrected chi connectivity index (χ0v) is 12.2. The standard InChI is InChI=1S/C17H27N/c1-6-16(4,5)17(18,13-12-14(2)3)15-10-8-7-9-11-15/h6-11,14H,1,12-13,18H2,2-5H3. The average Bonchev–Trinajstić information content (AvgIpc) is 2.36. The van der Waals surface area contributed by atoms with E-state index < -0.39 is 0 Å². The highest BCUT2D eigenvalue weighted by atomic mass is 14.8. The summed E-state index contributed by atoms with van der Waals surface area (Å²) in [6.07, 6.45) is 4.09. The molecule has 0 saturated heterocycles. The third-order valence-electron chi connectivity index (χ3n) is 4.07. The van der Waals surface area contributed by atoms with Crippen LogP contribution in [0.4, 0.5) is 0 Å². The largest absolute Gasteiger partial charge is 0.321 e. The molecule has 1 nitrogen and oxygen atoms in total. The first-order valence-electron chi connectivity index (χ1n) is 6.81. The van der Waals surface area contributed by atoms with Crippen LogP contribution in [0.5, 0.6) is 0 Å². The van der Waals surface area contributed by atoms with Crippen LogP contribution in [0.3, 0.4) is 0 Å². The van der Waals surface area contributed by atoms with Crippen molar-refractivity contribution in [3.8, 4) is 0 Å². The fourth-order valence-electron chi connectivity index (χ4n) is 2.27. The van der Waals surface area contributed by atoms with Crippen LogP contribution >= 0.6 is 0 Å². The van der Waals surface area contributed by atoms with Crippen LogP contribution in [0.15, 0.2) is 43.0 Å². The molecule has 2 N–H and O–H groups in total. The topological polar surface area (TPSA) is 26.0 Å². The Morgan fingerprint density at radius 3 is 2.22 bits per heavy atom.